The van der Waals surface area contributed by atoms with Gasteiger partial charge in [0.25, 0.3) is 0 Å². The minimum atomic E-state index is -0.420. The van der Waals surface area contributed by atoms with Gasteiger partial charge in [-0.2, -0.15) is 0 Å². The molecule has 4 heteroatoms. The molecule has 0 spiro atoms. The lowest BCUT2D eigenvalue weighted by Gasteiger charge is -2.40. The second-order valence-corrected chi connectivity index (χ2v) is 9.39. The van der Waals surface area contributed by atoms with E-state index < -0.39 is 6.29 Å². The van der Waals surface area contributed by atoms with Crippen molar-refractivity contribution in [2.24, 2.45) is 23.7 Å². The number of hydrogen-bond donors (Lipinski definition) is 0. The van der Waals surface area contributed by atoms with Crippen LogP contribution >= 0.6 is 0 Å². The first-order valence-corrected chi connectivity index (χ1v) is 10.5. The van der Waals surface area contributed by atoms with Gasteiger partial charge >= 0.3 is 5.97 Å². The first-order chi connectivity index (χ1) is 12.8. The largest absolute Gasteiger partial charge is 0.435 e. The summed E-state index contributed by atoms with van der Waals surface area (Å²) < 4.78 is 12.4. The number of fused-ring (bicyclic) bond motifs is 3. The molecule has 6 atom stereocenters. The number of ether oxygens (including phenoxy) is 2. The molecule has 0 amide bonds. The molecule has 2 fully saturated rings. The van der Waals surface area contributed by atoms with Crippen LogP contribution in [-0.2, 0) is 14.3 Å². The SMILES string of the molecule is Cc1ccc2c(c1)N(C)C[C@H]1[C@H](O[C@@H]3C[C@H](C)CC[C@H]3C(C)C)OC(=O)[C@@H]21. The van der Waals surface area contributed by atoms with Crippen molar-refractivity contribution >= 4 is 11.7 Å². The average Bonchev–Trinajstić information content (AvgIpc) is 2.90. The van der Waals surface area contributed by atoms with Gasteiger partial charge in [0.05, 0.1) is 17.9 Å². The molecule has 1 aromatic rings. The van der Waals surface area contributed by atoms with Crippen LogP contribution in [0.1, 0.15) is 57.1 Å². The fourth-order valence-corrected chi connectivity index (χ4v) is 5.39. The maximum Gasteiger partial charge on any atom is 0.316 e. The molecule has 0 radical (unpaired) electrons. The Kier molecular flexibility index (Phi) is 4.96. The van der Waals surface area contributed by atoms with Crippen LogP contribution in [0.2, 0.25) is 0 Å². The van der Waals surface area contributed by atoms with E-state index in [2.05, 4.69) is 57.8 Å². The van der Waals surface area contributed by atoms with Gasteiger partial charge in [0.15, 0.2) is 0 Å². The van der Waals surface area contributed by atoms with Crippen molar-refractivity contribution in [1.82, 2.24) is 0 Å². The van der Waals surface area contributed by atoms with Crippen molar-refractivity contribution in [3.05, 3.63) is 29.3 Å². The average molecular weight is 372 g/mol. The van der Waals surface area contributed by atoms with E-state index in [1.807, 2.05) is 0 Å². The summed E-state index contributed by atoms with van der Waals surface area (Å²) in [5, 5.41) is 0. The summed E-state index contributed by atoms with van der Waals surface area (Å²) in [5.74, 6) is 1.58. The first-order valence-electron chi connectivity index (χ1n) is 10.5. The molecule has 2 heterocycles. The van der Waals surface area contributed by atoms with Crippen LogP contribution in [0.4, 0.5) is 5.69 Å². The van der Waals surface area contributed by atoms with E-state index in [1.54, 1.807) is 0 Å². The van der Waals surface area contributed by atoms with Crippen LogP contribution in [0.3, 0.4) is 0 Å². The van der Waals surface area contributed by atoms with Crippen LogP contribution in [0.15, 0.2) is 18.2 Å². The van der Waals surface area contributed by atoms with E-state index in [0.29, 0.717) is 17.8 Å². The molecular formula is C23H33NO3. The maximum atomic E-state index is 12.8. The monoisotopic (exact) mass is 371 g/mol. The van der Waals surface area contributed by atoms with Gasteiger partial charge in [-0.25, -0.2) is 0 Å². The molecule has 0 unspecified atom stereocenters. The summed E-state index contributed by atoms with van der Waals surface area (Å²) in [5.41, 5.74) is 3.46. The van der Waals surface area contributed by atoms with Crippen molar-refractivity contribution < 1.29 is 14.3 Å². The Balaban J connectivity index is 1.58. The number of rotatable bonds is 3. The summed E-state index contributed by atoms with van der Waals surface area (Å²) in [6.45, 7) is 9.77. The molecule has 3 aliphatic rings. The fraction of sp³-hybridized carbons (Fsp3) is 0.696. The third-order valence-electron chi connectivity index (χ3n) is 6.95. The molecule has 2 aliphatic heterocycles. The van der Waals surface area contributed by atoms with Crippen LogP contribution < -0.4 is 4.90 Å². The van der Waals surface area contributed by atoms with Crippen molar-refractivity contribution in [3.63, 3.8) is 0 Å². The second kappa shape index (κ2) is 7.12. The number of esters is 1. The molecule has 0 bridgehead atoms. The number of benzene rings is 1. The van der Waals surface area contributed by atoms with Crippen LogP contribution in [-0.4, -0.2) is 32.0 Å². The highest BCUT2D eigenvalue weighted by Gasteiger charge is 2.51. The summed E-state index contributed by atoms with van der Waals surface area (Å²) in [4.78, 5) is 15.0. The van der Waals surface area contributed by atoms with Crippen LogP contribution in [0.5, 0.6) is 0 Å². The molecule has 1 aliphatic carbocycles. The molecule has 4 nitrogen and oxygen atoms in total. The Hall–Kier alpha value is -1.55. The Morgan fingerprint density at radius 2 is 2.04 bits per heavy atom. The van der Waals surface area contributed by atoms with Gasteiger partial charge in [0, 0.05) is 19.3 Å². The molecule has 0 N–H and O–H groups in total. The second-order valence-electron chi connectivity index (χ2n) is 9.39. The predicted molar refractivity (Wildman–Crippen MR) is 107 cm³/mol. The van der Waals surface area contributed by atoms with Gasteiger partial charge in [-0.15, -0.1) is 0 Å². The molecule has 148 valence electrons. The number of anilines is 1. The Bertz CT molecular complexity index is 716. The normalized spacial score (nSPS) is 35.8. The van der Waals surface area contributed by atoms with Gasteiger partial charge in [-0.05, 0) is 54.7 Å². The highest BCUT2D eigenvalue weighted by atomic mass is 16.7. The zero-order chi connectivity index (χ0) is 19.3. The minimum absolute atomic E-state index is 0.0720. The lowest BCUT2D eigenvalue weighted by atomic mass is 9.75. The fourth-order valence-electron chi connectivity index (χ4n) is 5.39. The molecule has 4 rings (SSSR count). The van der Waals surface area contributed by atoms with Gasteiger partial charge in [-0.3, -0.25) is 4.79 Å². The van der Waals surface area contributed by atoms with Gasteiger partial charge in [0.1, 0.15) is 0 Å². The Morgan fingerprint density at radius 1 is 1.26 bits per heavy atom. The van der Waals surface area contributed by atoms with Crippen molar-refractivity contribution in [2.45, 2.75) is 65.3 Å². The molecule has 0 aromatic heterocycles. The highest BCUT2D eigenvalue weighted by molar-refractivity contribution is 5.84. The van der Waals surface area contributed by atoms with Gasteiger partial charge in [0.2, 0.25) is 6.29 Å². The summed E-state index contributed by atoms with van der Waals surface area (Å²) in [6.07, 6.45) is 3.32. The number of aryl methyl sites for hydroxylation is 1. The van der Waals surface area contributed by atoms with Crippen LogP contribution in [0.25, 0.3) is 0 Å². The zero-order valence-electron chi connectivity index (χ0n) is 17.3. The molecule has 1 saturated heterocycles. The number of carbonyl (C=O) groups excluding carboxylic acids is 1. The Morgan fingerprint density at radius 3 is 2.78 bits per heavy atom. The van der Waals surface area contributed by atoms with E-state index in [1.165, 1.54) is 18.4 Å². The number of nitrogens with zero attached hydrogens (tertiary/aromatic N) is 1. The third kappa shape index (κ3) is 3.37. The lowest BCUT2D eigenvalue weighted by Crippen LogP contribution is -2.43. The van der Waals surface area contributed by atoms with Gasteiger partial charge < -0.3 is 14.4 Å². The number of cyclic esters (lactones) is 1. The molecule has 1 aromatic carbocycles. The molecule has 1 saturated carbocycles. The van der Waals surface area contributed by atoms with E-state index >= 15 is 0 Å². The third-order valence-corrected chi connectivity index (χ3v) is 6.95. The van der Waals surface area contributed by atoms with E-state index in [4.69, 9.17) is 9.47 Å². The van der Waals surface area contributed by atoms with E-state index in [9.17, 15) is 4.79 Å². The smallest absolute Gasteiger partial charge is 0.316 e. The van der Waals surface area contributed by atoms with Crippen molar-refractivity contribution in [3.8, 4) is 0 Å². The van der Waals surface area contributed by atoms with Crippen molar-refractivity contribution in [1.29, 1.82) is 0 Å². The highest BCUT2D eigenvalue weighted by Crippen LogP contribution is 2.47. The topological polar surface area (TPSA) is 38.8 Å². The quantitative estimate of drug-likeness (QED) is 0.733. The molecular weight excluding hydrogens is 338 g/mol. The van der Waals surface area contributed by atoms with Gasteiger partial charge in [-0.1, -0.05) is 39.3 Å². The summed E-state index contributed by atoms with van der Waals surface area (Å²) >= 11 is 0. The standard InChI is InChI=1S/C23H33NO3/c1-13(2)16-8-6-15(4)11-20(16)26-23-18-12-24(5)19-10-14(3)7-9-17(19)21(18)22(25)27-23/h7,9-10,13,15-16,18,20-21,23H,6,8,11-12H2,1-5H3/t15-,16+,18-,20-,21+,23-/m1/s1. The Labute approximate surface area is 163 Å². The van der Waals surface area contributed by atoms with E-state index in [0.717, 1.165) is 24.2 Å². The number of hydrogen-bond acceptors (Lipinski definition) is 4. The number of carbonyl (C=O) groups is 1. The van der Waals surface area contributed by atoms with Crippen LogP contribution in [0, 0.1) is 30.6 Å². The van der Waals surface area contributed by atoms with E-state index in [-0.39, 0.29) is 23.9 Å². The van der Waals surface area contributed by atoms with Crippen molar-refractivity contribution in [2.75, 3.05) is 18.5 Å². The maximum absolute atomic E-state index is 12.8. The zero-order valence-corrected chi connectivity index (χ0v) is 17.3. The summed E-state index contributed by atoms with van der Waals surface area (Å²) in [7, 11) is 2.11. The summed E-state index contributed by atoms with van der Waals surface area (Å²) in [6, 6.07) is 6.36. The molecule has 27 heavy (non-hydrogen) atoms. The minimum Gasteiger partial charge on any atom is -0.435 e. The predicted octanol–water partition coefficient (Wildman–Crippen LogP) is 4.50. The first kappa shape index (κ1) is 18.8. The lowest BCUT2D eigenvalue weighted by molar-refractivity contribution is -0.195.